The molecule has 0 saturated carbocycles. The van der Waals surface area contributed by atoms with Crippen LogP contribution in [0.2, 0.25) is 0 Å². The summed E-state index contributed by atoms with van der Waals surface area (Å²) >= 11 is 0. The van der Waals surface area contributed by atoms with Crippen LogP contribution in [0.3, 0.4) is 0 Å². The molecule has 1 aliphatic heterocycles. The number of rotatable bonds is 1. The van der Waals surface area contributed by atoms with Gasteiger partial charge in [0, 0.05) is 6.54 Å². The van der Waals surface area contributed by atoms with E-state index in [9.17, 15) is 9.59 Å². The van der Waals surface area contributed by atoms with Crippen molar-refractivity contribution in [3.8, 4) is 0 Å². The molecule has 1 aliphatic rings. The van der Waals surface area contributed by atoms with Gasteiger partial charge in [-0.15, -0.1) is 0 Å². The molecule has 1 amide bonds. The molecule has 5 heteroatoms. The number of amides is 1. The van der Waals surface area contributed by atoms with Gasteiger partial charge in [0.25, 0.3) is 0 Å². The Labute approximate surface area is 95.4 Å². The minimum absolute atomic E-state index is 0.202. The first-order valence-electron chi connectivity index (χ1n) is 5.43. The summed E-state index contributed by atoms with van der Waals surface area (Å²) in [6.45, 7) is 7.67. The summed E-state index contributed by atoms with van der Waals surface area (Å²) in [7, 11) is 0. The number of hydrogen-bond acceptors (Lipinski definition) is 3. The molecule has 0 aromatic carbocycles. The molecule has 5 nitrogen and oxygen atoms in total. The van der Waals surface area contributed by atoms with E-state index in [1.165, 1.54) is 4.90 Å². The Hall–Kier alpha value is -1.26. The van der Waals surface area contributed by atoms with E-state index in [0.29, 0.717) is 13.0 Å². The number of likely N-dealkylation sites (tertiary alicyclic amines) is 1. The van der Waals surface area contributed by atoms with Gasteiger partial charge in [0.05, 0.1) is 0 Å². The van der Waals surface area contributed by atoms with Crippen LogP contribution < -0.4 is 0 Å². The van der Waals surface area contributed by atoms with E-state index < -0.39 is 23.7 Å². The third-order valence-electron chi connectivity index (χ3n) is 2.42. The number of carbonyl (C=O) groups is 2. The van der Waals surface area contributed by atoms with Crippen LogP contribution in [0.25, 0.3) is 0 Å². The van der Waals surface area contributed by atoms with Gasteiger partial charge in [-0.2, -0.15) is 0 Å². The molecule has 0 spiro atoms. The molecule has 92 valence electrons. The summed E-state index contributed by atoms with van der Waals surface area (Å²) in [5.74, 6) is -0.760. The second-order valence-electron chi connectivity index (χ2n) is 5.33. The van der Waals surface area contributed by atoms with E-state index in [-0.39, 0.29) is 5.92 Å². The zero-order valence-corrected chi connectivity index (χ0v) is 10.2. The molecule has 0 aliphatic carbocycles. The van der Waals surface area contributed by atoms with Gasteiger partial charge in [-0.25, -0.2) is 9.59 Å². The number of carboxylic acids is 1. The van der Waals surface area contributed by atoms with Crippen molar-refractivity contribution in [1.29, 1.82) is 0 Å². The molecule has 1 fully saturated rings. The third kappa shape index (κ3) is 3.12. The van der Waals surface area contributed by atoms with Crippen molar-refractivity contribution in [2.45, 2.75) is 45.8 Å². The zero-order chi connectivity index (χ0) is 12.5. The minimum Gasteiger partial charge on any atom is -0.480 e. The van der Waals surface area contributed by atoms with E-state index in [1.807, 2.05) is 6.92 Å². The Balaban J connectivity index is 2.71. The maximum absolute atomic E-state index is 11.8. The van der Waals surface area contributed by atoms with E-state index in [4.69, 9.17) is 9.84 Å². The smallest absolute Gasteiger partial charge is 0.411 e. The highest BCUT2D eigenvalue weighted by atomic mass is 16.6. The van der Waals surface area contributed by atoms with Crippen molar-refractivity contribution < 1.29 is 19.4 Å². The van der Waals surface area contributed by atoms with Gasteiger partial charge in [0.1, 0.15) is 11.6 Å². The zero-order valence-electron chi connectivity index (χ0n) is 10.2. The van der Waals surface area contributed by atoms with E-state index in [0.717, 1.165) is 0 Å². The topological polar surface area (TPSA) is 66.8 Å². The predicted octanol–water partition coefficient (Wildman–Crippen LogP) is 1.72. The molecule has 1 rings (SSSR count). The quantitative estimate of drug-likeness (QED) is 0.743. The lowest BCUT2D eigenvalue weighted by Crippen LogP contribution is -2.43. The van der Waals surface area contributed by atoms with Crippen LogP contribution in [0.1, 0.15) is 34.1 Å². The van der Waals surface area contributed by atoms with Crippen molar-refractivity contribution in [3.63, 3.8) is 0 Å². The molecule has 16 heavy (non-hydrogen) atoms. The highest BCUT2D eigenvalue weighted by Crippen LogP contribution is 2.25. The Morgan fingerprint density at radius 2 is 1.94 bits per heavy atom. The van der Waals surface area contributed by atoms with E-state index in [2.05, 4.69) is 0 Å². The normalized spacial score (nSPS) is 25.6. The molecule has 1 saturated heterocycles. The highest BCUT2D eigenvalue weighted by molar-refractivity contribution is 5.80. The molecule has 0 aromatic heterocycles. The average molecular weight is 229 g/mol. The molecule has 1 heterocycles. The number of hydrogen-bond donors (Lipinski definition) is 1. The van der Waals surface area contributed by atoms with Crippen LogP contribution in [0.4, 0.5) is 4.79 Å². The fourth-order valence-electron chi connectivity index (χ4n) is 1.80. The van der Waals surface area contributed by atoms with Crippen LogP contribution >= 0.6 is 0 Å². The maximum Gasteiger partial charge on any atom is 0.411 e. The Kier molecular flexibility index (Phi) is 3.45. The van der Waals surface area contributed by atoms with Crippen molar-refractivity contribution >= 4 is 12.1 Å². The van der Waals surface area contributed by atoms with Crippen molar-refractivity contribution in [3.05, 3.63) is 0 Å². The lowest BCUT2D eigenvalue weighted by molar-refractivity contribution is -0.142. The Morgan fingerprint density at radius 3 is 2.38 bits per heavy atom. The lowest BCUT2D eigenvalue weighted by Gasteiger charge is -2.26. The Morgan fingerprint density at radius 1 is 1.38 bits per heavy atom. The summed E-state index contributed by atoms with van der Waals surface area (Å²) < 4.78 is 5.17. The molecule has 0 bridgehead atoms. The molecule has 0 aromatic rings. The first-order valence-corrected chi connectivity index (χ1v) is 5.43. The molecule has 1 N–H and O–H groups in total. The number of carboxylic acid groups (broad SMARTS) is 1. The summed E-state index contributed by atoms with van der Waals surface area (Å²) in [6, 6.07) is -0.746. The molecule has 0 unspecified atom stereocenters. The first-order chi connectivity index (χ1) is 7.20. The first kappa shape index (κ1) is 12.8. The van der Waals surface area contributed by atoms with E-state index in [1.54, 1.807) is 20.8 Å². The highest BCUT2D eigenvalue weighted by Gasteiger charge is 2.39. The van der Waals surface area contributed by atoms with Gasteiger partial charge in [-0.1, -0.05) is 6.92 Å². The molecular weight excluding hydrogens is 210 g/mol. The molecule has 0 radical (unpaired) electrons. The lowest BCUT2D eigenvalue weighted by atomic mass is 10.1. The van der Waals surface area contributed by atoms with Crippen LogP contribution in [-0.2, 0) is 9.53 Å². The predicted molar refractivity (Wildman–Crippen MR) is 58.1 cm³/mol. The van der Waals surface area contributed by atoms with Gasteiger partial charge in [-0.3, -0.25) is 4.90 Å². The number of ether oxygens (including phenoxy) is 1. The Bertz CT molecular complexity index is 295. The fourth-order valence-corrected chi connectivity index (χ4v) is 1.80. The van der Waals surface area contributed by atoms with Gasteiger partial charge in [-0.05, 0) is 33.1 Å². The van der Waals surface area contributed by atoms with Crippen molar-refractivity contribution in [2.24, 2.45) is 5.92 Å². The summed E-state index contributed by atoms with van der Waals surface area (Å²) in [4.78, 5) is 24.0. The standard InChI is InChI=1S/C11H19NO4/c1-7-5-8(9(13)14)12(6-7)10(15)16-11(2,3)4/h7-8H,5-6H2,1-4H3,(H,13,14)/t7-,8-/m1/s1. The van der Waals surface area contributed by atoms with Crippen LogP contribution in [-0.4, -0.2) is 40.3 Å². The number of nitrogens with zero attached hydrogens (tertiary/aromatic N) is 1. The second-order valence-corrected chi connectivity index (χ2v) is 5.33. The fraction of sp³-hybridized carbons (Fsp3) is 0.818. The van der Waals surface area contributed by atoms with Crippen LogP contribution in [0.15, 0.2) is 0 Å². The van der Waals surface area contributed by atoms with Gasteiger partial charge in [0.15, 0.2) is 0 Å². The average Bonchev–Trinajstić information content (AvgIpc) is 2.44. The monoisotopic (exact) mass is 229 g/mol. The van der Waals surface area contributed by atoms with Crippen LogP contribution in [0.5, 0.6) is 0 Å². The maximum atomic E-state index is 11.8. The van der Waals surface area contributed by atoms with E-state index >= 15 is 0 Å². The summed E-state index contributed by atoms with van der Waals surface area (Å²) in [5, 5.41) is 9.00. The minimum atomic E-state index is -0.963. The van der Waals surface area contributed by atoms with Gasteiger partial charge >= 0.3 is 12.1 Å². The SMILES string of the molecule is C[C@@H]1C[C@H](C(=O)O)N(C(=O)OC(C)(C)C)C1. The number of carbonyl (C=O) groups excluding carboxylic acids is 1. The van der Waals surface area contributed by atoms with Crippen LogP contribution in [0, 0.1) is 5.92 Å². The molecular formula is C11H19NO4. The second kappa shape index (κ2) is 4.31. The molecule has 2 atom stereocenters. The summed E-state index contributed by atoms with van der Waals surface area (Å²) in [6.07, 6.45) is -0.0431. The van der Waals surface area contributed by atoms with Crippen molar-refractivity contribution in [2.75, 3.05) is 6.54 Å². The van der Waals surface area contributed by atoms with Gasteiger partial charge in [0.2, 0.25) is 0 Å². The third-order valence-corrected chi connectivity index (χ3v) is 2.42. The van der Waals surface area contributed by atoms with Gasteiger partial charge < -0.3 is 9.84 Å². The largest absolute Gasteiger partial charge is 0.480 e. The number of aliphatic carboxylic acids is 1. The van der Waals surface area contributed by atoms with Crippen molar-refractivity contribution in [1.82, 2.24) is 4.90 Å². The summed E-state index contributed by atoms with van der Waals surface area (Å²) in [5.41, 5.74) is -0.591.